The van der Waals surface area contributed by atoms with Crippen molar-refractivity contribution in [3.63, 3.8) is 0 Å². The van der Waals surface area contributed by atoms with Crippen LogP contribution in [0.25, 0.3) is 0 Å². The van der Waals surface area contributed by atoms with Crippen molar-refractivity contribution in [1.29, 1.82) is 0 Å². The van der Waals surface area contributed by atoms with Crippen LogP contribution in [0, 0.1) is 0 Å². The lowest BCUT2D eigenvalue weighted by molar-refractivity contribution is -0.143. The predicted octanol–water partition coefficient (Wildman–Crippen LogP) is 4.63. The van der Waals surface area contributed by atoms with Crippen LogP contribution in [0.4, 0.5) is 31.1 Å². The number of carbonyl (C=O) groups excluding carboxylic acids is 1. The summed E-state index contributed by atoms with van der Waals surface area (Å²) >= 11 is 0. The lowest BCUT2D eigenvalue weighted by Crippen LogP contribution is -2.29. The minimum absolute atomic E-state index is 0.0466. The van der Waals surface area contributed by atoms with E-state index in [1.54, 1.807) is 6.92 Å². The van der Waals surface area contributed by atoms with Crippen molar-refractivity contribution >= 4 is 6.09 Å². The van der Waals surface area contributed by atoms with Crippen LogP contribution in [0.2, 0.25) is 0 Å². The highest BCUT2D eigenvalue weighted by Gasteiger charge is 2.42. The molecule has 1 saturated heterocycles. The topological polar surface area (TPSA) is 29.5 Å². The minimum Gasteiger partial charge on any atom is -0.439 e. The van der Waals surface area contributed by atoms with Gasteiger partial charge in [-0.15, -0.1) is 0 Å². The van der Waals surface area contributed by atoms with Crippen molar-refractivity contribution in [2.45, 2.75) is 37.8 Å². The van der Waals surface area contributed by atoms with Crippen molar-refractivity contribution in [3.8, 4) is 0 Å². The zero-order chi connectivity index (χ0) is 17.6. The number of cyclic esters (lactones) is 1. The summed E-state index contributed by atoms with van der Waals surface area (Å²) in [6, 6.07) is 0.599. The number of likely N-dealkylation sites (N-methyl/N-ethyl adjacent to an activating group) is 1. The predicted molar refractivity (Wildman–Crippen MR) is 67.5 cm³/mol. The molecule has 3 nitrogen and oxygen atoms in total. The summed E-state index contributed by atoms with van der Waals surface area (Å²) in [5.41, 5.74) is -3.18. The van der Waals surface area contributed by atoms with E-state index in [4.69, 9.17) is 4.74 Å². The summed E-state index contributed by atoms with van der Waals surface area (Å²) in [5, 5.41) is 0. The van der Waals surface area contributed by atoms with Crippen LogP contribution < -0.4 is 0 Å². The van der Waals surface area contributed by atoms with Gasteiger partial charge in [0.15, 0.2) is 0 Å². The maximum Gasteiger partial charge on any atom is 0.416 e. The maximum atomic E-state index is 12.9. The van der Waals surface area contributed by atoms with E-state index in [0.717, 1.165) is 4.90 Å². The van der Waals surface area contributed by atoms with Crippen molar-refractivity contribution in [2.24, 2.45) is 0 Å². The molecule has 0 aromatic heterocycles. The third kappa shape index (κ3) is 3.37. The molecule has 0 aliphatic carbocycles. The largest absolute Gasteiger partial charge is 0.439 e. The molecule has 0 unspecified atom stereocenters. The quantitative estimate of drug-likeness (QED) is 0.734. The first-order valence-electron chi connectivity index (χ1n) is 6.68. The molecule has 9 heteroatoms. The molecule has 1 aromatic carbocycles. The number of benzene rings is 1. The lowest BCUT2D eigenvalue weighted by Gasteiger charge is -2.22. The molecule has 0 N–H and O–H groups in total. The van der Waals surface area contributed by atoms with Gasteiger partial charge in [0, 0.05) is 7.05 Å². The van der Waals surface area contributed by atoms with Gasteiger partial charge in [-0.1, -0.05) is 6.92 Å². The fraction of sp³-hybridized carbons (Fsp3) is 0.500. The Balaban J connectivity index is 2.56. The Hall–Kier alpha value is -1.93. The molecule has 0 radical (unpaired) electrons. The summed E-state index contributed by atoms with van der Waals surface area (Å²) in [4.78, 5) is 12.7. The summed E-state index contributed by atoms with van der Waals surface area (Å²) in [6.45, 7) is 1.66. The second-order valence-corrected chi connectivity index (χ2v) is 5.23. The van der Waals surface area contributed by atoms with E-state index in [0.29, 0.717) is 18.6 Å². The van der Waals surface area contributed by atoms with Gasteiger partial charge in [0.05, 0.1) is 17.2 Å². The van der Waals surface area contributed by atoms with Crippen LogP contribution in [0.5, 0.6) is 0 Å². The number of halogens is 6. The summed E-state index contributed by atoms with van der Waals surface area (Å²) < 4.78 is 82.2. The molecule has 23 heavy (non-hydrogen) atoms. The highest BCUT2D eigenvalue weighted by molar-refractivity contribution is 5.70. The third-order valence-electron chi connectivity index (χ3n) is 3.72. The highest BCUT2D eigenvalue weighted by atomic mass is 19.4. The fourth-order valence-corrected chi connectivity index (χ4v) is 2.53. The molecule has 1 aromatic rings. The second kappa shape index (κ2) is 5.61. The Morgan fingerprint density at radius 2 is 1.52 bits per heavy atom. The Labute approximate surface area is 127 Å². The van der Waals surface area contributed by atoms with Crippen molar-refractivity contribution in [3.05, 3.63) is 34.9 Å². The van der Waals surface area contributed by atoms with E-state index in [9.17, 15) is 31.1 Å². The van der Waals surface area contributed by atoms with Crippen LogP contribution in [0.1, 0.15) is 36.1 Å². The molecule has 1 fully saturated rings. The van der Waals surface area contributed by atoms with Crippen LogP contribution in [0.3, 0.4) is 0 Å². The molecule has 0 saturated carbocycles. The molecule has 1 aliphatic heterocycles. The van der Waals surface area contributed by atoms with Gasteiger partial charge >= 0.3 is 18.4 Å². The lowest BCUT2D eigenvalue weighted by atomic mass is 9.96. The van der Waals surface area contributed by atoms with E-state index in [-0.39, 0.29) is 11.6 Å². The Bertz CT molecular complexity index is 578. The van der Waals surface area contributed by atoms with Gasteiger partial charge in [0.1, 0.15) is 6.10 Å². The number of nitrogens with zero attached hydrogens (tertiary/aromatic N) is 1. The first-order chi connectivity index (χ1) is 10.4. The van der Waals surface area contributed by atoms with Gasteiger partial charge in [-0.3, -0.25) is 0 Å². The second-order valence-electron chi connectivity index (χ2n) is 5.23. The molecule has 1 heterocycles. The van der Waals surface area contributed by atoms with Gasteiger partial charge in [-0.25, -0.2) is 4.79 Å². The first kappa shape index (κ1) is 17.4. The van der Waals surface area contributed by atoms with E-state index in [1.165, 1.54) is 7.05 Å². The van der Waals surface area contributed by atoms with Gasteiger partial charge in [-0.2, -0.15) is 26.3 Å². The number of carbonyl (C=O) groups is 1. The van der Waals surface area contributed by atoms with Gasteiger partial charge in [-0.05, 0) is 30.2 Å². The molecule has 0 spiro atoms. The Morgan fingerprint density at radius 1 is 1.04 bits per heavy atom. The van der Waals surface area contributed by atoms with E-state index >= 15 is 0 Å². The molecule has 1 amide bonds. The SMILES string of the molecule is CC[C@H]1[C@@H](c2cc(C(F)(F)F)cc(C(F)(F)F)c2)OC(=O)N1C. The molecular weight excluding hydrogens is 328 g/mol. The molecular formula is C14H13F6NO2. The highest BCUT2D eigenvalue weighted by Crippen LogP contribution is 2.40. The molecule has 1 aliphatic rings. The van der Waals surface area contributed by atoms with Crippen LogP contribution in [-0.2, 0) is 17.1 Å². The fourth-order valence-electron chi connectivity index (χ4n) is 2.53. The standard InChI is InChI=1S/C14H13F6NO2/c1-3-10-11(23-12(22)21(10)2)7-4-8(13(15,16)17)6-9(5-7)14(18,19)20/h4-6,10-11H,3H2,1-2H3/t10-,11+/m0/s1. The zero-order valence-electron chi connectivity index (χ0n) is 12.1. The maximum absolute atomic E-state index is 12.9. The molecule has 2 atom stereocenters. The summed E-state index contributed by atoms with van der Waals surface area (Å²) in [7, 11) is 1.38. The van der Waals surface area contributed by atoms with E-state index in [2.05, 4.69) is 0 Å². The average molecular weight is 341 g/mol. The van der Waals surface area contributed by atoms with Crippen LogP contribution >= 0.6 is 0 Å². The number of rotatable bonds is 2. The van der Waals surface area contributed by atoms with Crippen LogP contribution in [-0.4, -0.2) is 24.1 Å². The first-order valence-corrected chi connectivity index (χ1v) is 6.68. The van der Waals surface area contributed by atoms with Gasteiger partial charge < -0.3 is 9.64 Å². The number of hydrogen-bond acceptors (Lipinski definition) is 2. The Morgan fingerprint density at radius 3 is 1.91 bits per heavy atom. The molecule has 2 rings (SSSR count). The Kier molecular flexibility index (Phi) is 4.25. The molecule has 0 bridgehead atoms. The number of ether oxygens (including phenoxy) is 1. The summed E-state index contributed by atoms with van der Waals surface area (Å²) in [5.74, 6) is 0. The van der Waals surface area contributed by atoms with Crippen molar-refractivity contribution < 1.29 is 35.9 Å². The van der Waals surface area contributed by atoms with Crippen molar-refractivity contribution in [2.75, 3.05) is 7.05 Å². The minimum atomic E-state index is -4.94. The zero-order valence-corrected chi connectivity index (χ0v) is 12.1. The third-order valence-corrected chi connectivity index (χ3v) is 3.72. The average Bonchev–Trinajstić information content (AvgIpc) is 2.72. The number of alkyl halides is 6. The number of amides is 1. The monoisotopic (exact) mass is 341 g/mol. The molecule has 128 valence electrons. The normalized spacial score (nSPS) is 22.4. The van der Waals surface area contributed by atoms with E-state index < -0.39 is 41.7 Å². The van der Waals surface area contributed by atoms with E-state index in [1.807, 2.05) is 0 Å². The van der Waals surface area contributed by atoms with Crippen molar-refractivity contribution in [1.82, 2.24) is 4.90 Å². The van der Waals surface area contributed by atoms with Gasteiger partial charge in [0.2, 0.25) is 0 Å². The smallest absolute Gasteiger partial charge is 0.416 e. The van der Waals surface area contributed by atoms with Crippen LogP contribution in [0.15, 0.2) is 18.2 Å². The number of hydrogen-bond donors (Lipinski definition) is 0. The van der Waals surface area contributed by atoms with Gasteiger partial charge in [0.25, 0.3) is 0 Å². The summed E-state index contributed by atoms with van der Waals surface area (Å²) in [6.07, 6.45) is -11.5.